The fraction of sp³-hybridized carbons (Fsp3) is 0.263. The summed E-state index contributed by atoms with van der Waals surface area (Å²) in [7, 11) is 0. The van der Waals surface area contributed by atoms with Crippen LogP contribution in [-0.2, 0) is 6.42 Å². The molecule has 0 fully saturated rings. The van der Waals surface area contributed by atoms with E-state index in [0.717, 1.165) is 29.4 Å². The Kier molecular flexibility index (Phi) is 3.98. The van der Waals surface area contributed by atoms with Crippen molar-refractivity contribution in [2.75, 3.05) is 5.32 Å². The van der Waals surface area contributed by atoms with Crippen molar-refractivity contribution in [2.24, 2.45) is 0 Å². The Balaban J connectivity index is 1.72. The molecule has 0 spiro atoms. The maximum absolute atomic E-state index is 6.41. The van der Waals surface area contributed by atoms with Crippen molar-refractivity contribution in [1.82, 2.24) is 14.8 Å². The van der Waals surface area contributed by atoms with Gasteiger partial charge in [-0.15, -0.1) is 0 Å². The molecule has 122 valence electrons. The first-order valence-electron chi connectivity index (χ1n) is 8.25. The number of aromatic nitrogens is 3. The maximum atomic E-state index is 6.41. The van der Waals surface area contributed by atoms with E-state index in [4.69, 9.17) is 11.6 Å². The van der Waals surface area contributed by atoms with Gasteiger partial charge in [0.25, 0.3) is 0 Å². The predicted molar refractivity (Wildman–Crippen MR) is 96.4 cm³/mol. The molecule has 0 radical (unpaired) electrons. The molecule has 2 heterocycles. The number of anilines is 1. The topological polar surface area (TPSA) is 42.7 Å². The summed E-state index contributed by atoms with van der Waals surface area (Å²) < 4.78 is 1.97. The molecule has 1 N–H and O–H groups in total. The van der Waals surface area contributed by atoms with E-state index in [2.05, 4.69) is 52.7 Å². The standard InChI is InChI=1S/C19H19ClN4/c1-2-13-7-9-14(10-8-13)18-11-17(15-5-3-4-6-16(15)20)23-19-21-12-22-24(18)19/h3-10,12,17-18H,2,11H2,1H3,(H,21,22,23)/t17-,18-/m1/s1. The van der Waals surface area contributed by atoms with E-state index in [0.29, 0.717) is 0 Å². The number of halogens is 1. The number of hydrogen-bond donors (Lipinski definition) is 1. The molecule has 2 aromatic carbocycles. The van der Waals surface area contributed by atoms with E-state index in [9.17, 15) is 0 Å². The van der Waals surface area contributed by atoms with Crippen LogP contribution < -0.4 is 5.32 Å². The van der Waals surface area contributed by atoms with Crippen LogP contribution in [0.5, 0.6) is 0 Å². The highest BCUT2D eigenvalue weighted by Crippen LogP contribution is 2.39. The van der Waals surface area contributed by atoms with Crippen LogP contribution in [0.25, 0.3) is 0 Å². The molecule has 4 rings (SSSR count). The molecule has 0 unspecified atom stereocenters. The van der Waals surface area contributed by atoms with Crippen molar-refractivity contribution in [1.29, 1.82) is 0 Å². The van der Waals surface area contributed by atoms with Crippen LogP contribution in [0, 0.1) is 0 Å². The zero-order valence-electron chi connectivity index (χ0n) is 13.5. The van der Waals surface area contributed by atoms with Gasteiger partial charge in [0.15, 0.2) is 0 Å². The molecule has 5 heteroatoms. The lowest BCUT2D eigenvalue weighted by Crippen LogP contribution is -2.28. The number of aryl methyl sites for hydroxylation is 1. The van der Waals surface area contributed by atoms with Crippen molar-refractivity contribution in [3.8, 4) is 0 Å². The van der Waals surface area contributed by atoms with E-state index < -0.39 is 0 Å². The van der Waals surface area contributed by atoms with Crippen LogP contribution in [0.1, 0.15) is 42.1 Å². The van der Waals surface area contributed by atoms with Gasteiger partial charge in [0, 0.05) is 5.02 Å². The summed E-state index contributed by atoms with van der Waals surface area (Å²) >= 11 is 6.41. The molecule has 0 saturated heterocycles. The quantitative estimate of drug-likeness (QED) is 0.756. The summed E-state index contributed by atoms with van der Waals surface area (Å²) in [5.41, 5.74) is 3.69. The third kappa shape index (κ3) is 2.67. The normalized spacial score (nSPS) is 19.6. The Bertz CT molecular complexity index is 841. The molecule has 4 nitrogen and oxygen atoms in total. The first kappa shape index (κ1) is 15.2. The number of nitrogens with zero attached hydrogens (tertiary/aromatic N) is 3. The maximum Gasteiger partial charge on any atom is 0.222 e. The molecule has 24 heavy (non-hydrogen) atoms. The third-order valence-electron chi connectivity index (χ3n) is 4.68. The van der Waals surface area contributed by atoms with Crippen molar-refractivity contribution in [2.45, 2.75) is 31.8 Å². The van der Waals surface area contributed by atoms with Crippen LogP contribution in [-0.4, -0.2) is 14.8 Å². The molecular weight excluding hydrogens is 320 g/mol. The molecule has 0 aliphatic carbocycles. The van der Waals surface area contributed by atoms with E-state index in [-0.39, 0.29) is 12.1 Å². The van der Waals surface area contributed by atoms with Gasteiger partial charge in [-0.2, -0.15) is 10.1 Å². The van der Waals surface area contributed by atoms with Gasteiger partial charge in [-0.3, -0.25) is 0 Å². The zero-order chi connectivity index (χ0) is 16.5. The van der Waals surface area contributed by atoms with Gasteiger partial charge >= 0.3 is 0 Å². The van der Waals surface area contributed by atoms with Gasteiger partial charge in [-0.25, -0.2) is 4.68 Å². The van der Waals surface area contributed by atoms with E-state index >= 15 is 0 Å². The third-order valence-corrected chi connectivity index (χ3v) is 5.03. The van der Waals surface area contributed by atoms with Crippen molar-refractivity contribution < 1.29 is 0 Å². The van der Waals surface area contributed by atoms with Crippen molar-refractivity contribution >= 4 is 17.5 Å². The van der Waals surface area contributed by atoms with Crippen LogP contribution in [0.2, 0.25) is 5.02 Å². The SMILES string of the molecule is CCc1ccc([C@H]2C[C@H](c3ccccc3Cl)Nc3ncnn32)cc1. The average molecular weight is 339 g/mol. The largest absolute Gasteiger partial charge is 0.347 e. The average Bonchev–Trinajstić information content (AvgIpc) is 3.10. The molecule has 0 amide bonds. The van der Waals surface area contributed by atoms with Crippen molar-refractivity contribution in [3.05, 3.63) is 76.6 Å². The van der Waals surface area contributed by atoms with Gasteiger partial charge in [-0.1, -0.05) is 61.0 Å². The molecular formula is C19H19ClN4. The summed E-state index contributed by atoms with van der Waals surface area (Å²) in [6.07, 6.45) is 3.53. The number of hydrogen-bond acceptors (Lipinski definition) is 3. The fourth-order valence-electron chi connectivity index (χ4n) is 3.33. The first-order valence-corrected chi connectivity index (χ1v) is 8.63. The highest BCUT2D eigenvalue weighted by Gasteiger charge is 2.30. The van der Waals surface area contributed by atoms with Gasteiger partial charge in [0.05, 0.1) is 12.1 Å². The first-order chi connectivity index (χ1) is 11.8. The second-order valence-electron chi connectivity index (χ2n) is 6.09. The minimum Gasteiger partial charge on any atom is -0.347 e. The smallest absolute Gasteiger partial charge is 0.222 e. The second-order valence-corrected chi connectivity index (χ2v) is 6.50. The highest BCUT2D eigenvalue weighted by molar-refractivity contribution is 6.31. The monoisotopic (exact) mass is 338 g/mol. The Morgan fingerprint density at radius 1 is 1.17 bits per heavy atom. The minimum atomic E-state index is 0.117. The van der Waals surface area contributed by atoms with Gasteiger partial charge < -0.3 is 5.32 Å². The molecule has 0 bridgehead atoms. The zero-order valence-corrected chi connectivity index (χ0v) is 14.2. The second kappa shape index (κ2) is 6.29. The lowest BCUT2D eigenvalue weighted by atomic mass is 9.93. The van der Waals surface area contributed by atoms with Crippen LogP contribution >= 0.6 is 11.6 Å². The summed E-state index contributed by atoms with van der Waals surface area (Å²) in [5, 5.41) is 8.66. The number of fused-ring (bicyclic) bond motifs is 1. The van der Waals surface area contributed by atoms with Gasteiger partial charge in [0.1, 0.15) is 6.33 Å². The van der Waals surface area contributed by atoms with Crippen molar-refractivity contribution in [3.63, 3.8) is 0 Å². The Morgan fingerprint density at radius 3 is 2.71 bits per heavy atom. The van der Waals surface area contributed by atoms with E-state index in [1.807, 2.05) is 22.9 Å². The van der Waals surface area contributed by atoms with Gasteiger partial charge in [-0.05, 0) is 35.6 Å². The molecule has 1 aliphatic heterocycles. The summed E-state index contributed by atoms with van der Waals surface area (Å²) in [5.74, 6) is 0.788. The number of nitrogens with one attached hydrogen (secondary N) is 1. The number of benzene rings is 2. The summed E-state index contributed by atoms with van der Waals surface area (Å²) in [6.45, 7) is 2.17. The number of rotatable bonds is 3. The van der Waals surface area contributed by atoms with E-state index in [1.54, 1.807) is 6.33 Å². The lowest BCUT2D eigenvalue weighted by Gasteiger charge is -2.32. The predicted octanol–water partition coefficient (Wildman–Crippen LogP) is 4.64. The molecule has 1 aromatic heterocycles. The van der Waals surface area contributed by atoms with Crippen LogP contribution in [0.15, 0.2) is 54.9 Å². The summed E-state index contributed by atoms with van der Waals surface area (Å²) in [4.78, 5) is 4.37. The van der Waals surface area contributed by atoms with Crippen LogP contribution in [0.3, 0.4) is 0 Å². The highest BCUT2D eigenvalue weighted by atomic mass is 35.5. The molecule has 1 aliphatic rings. The molecule has 2 atom stereocenters. The Hall–Kier alpha value is -2.33. The molecule has 3 aromatic rings. The fourth-order valence-corrected chi connectivity index (χ4v) is 3.60. The van der Waals surface area contributed by atoms with E-state index in [1.165, 1.54) is 11.1 Å². The summed E-state index contributed by atoms with van der Waals surface area (Å²) in [6, 6.07) is 17.0. The minimum absolute atomic E-state index is 0.117. The molecule has 0 saturated carbocycles. The Labute approximate surface area is 146 Å². The Morgan fingerprint density at radius 2 is 1.96 bits per heavy atom. The lowest BCUT2D eigenvalue weighted by molar-refractivity contribution is 0.431. The van der Waals surface area contributed by atoms with Gasteiger partial charge in [0.2, 0.25) is 5.95 Å². The van der Waals surface area contributed by atoms with Crippen LogP contribution in [0.4, 0.5) is 5.95 Å².